The summed E-state index contributed by atoms with van der Waals surface area (Å²) in [5.74, 6) is -0.751. The Morgan fingerprint density at radius 3 is 2.62 bits per heavy atom. The van der Waals surface area contributed by atoms with E-state index in [1.807, 2.05) is 18.2 Å². The van der Waals surface area contributed by atoms with Crippen molar-refractivity contribution in [1.82, 2.24) is 20.4 Å². The van der Waals surface area contributed by atoms with Crippen molar-refractivity contribution < 1.29 is 14.0 Å². The van der Waals surface area contributed by atoms with E-state index in [0.29, 0.717) is 23.2 Å². The van der Waals surface area contributed by atoms with E-state index < -0.39 is 5.82 Å². The van der Waals surface area contributed by atoms with Crippen molar-refractivity contribution >= 4 is 22.7 Å². The van der Waals surface area contributed by atoms with Gasteiger partial charge >= 0.3 is 0 Å². The molecule has 3 aromatic rings. The molecule has 2 aromatic carbocycles. The van der Waals surface area contributed by atoms with E-state index in [-0.39, 0.29) is 29.8 Å². The monoisotopic (exact) mass is 436 g/mol. The van der Waals surface area contributed by atoms with Crippen molar-refractivity contribution in [3.05, 3.63) is 53.5 Å². The molecule has 6 nitrogen and oxygen atoms in total. The fourth-order valence-corrected chi connectivity index (χ4v) is 3.54. The molecule has 1 aliphatic carbocycles. The minimum absolute atomic E-state index is 0.00791. The Kier molecular flexibility index (Phi) is 5.75. The summed E-state index contributed by atoms with van der Waals surface area (Å²) >= 11 is 0. The van der Waals surface area contributed by atoms with E-state index >= 15 is 0 Å². The summed E-state index contributed by atoms with van der Waals surface area (Å²) in [6, 6.07) is 8.90. The summed E-state index contributed by atoms with van der Waals surface area (Å²) in [5.41, 5.74) is 3.10. The first kappa shape index (κ1) is 22.0. The number of hydrogen-bond acceptors (Lipinski definition) is 3. The van der Waals surface area contributed by atoms with E-state index in [0.717, 1.165) is 29.3 Å². The number of fused-ring (bicyclic) bond motifs is 1. The number of nitrogens with zero attached hydrogens (tertiary/aromatic N) is 2. The summed E-state index contributed by atoms with van der Waals surface area (Å²) in [7, 11) is 0. The Bertz CT molecular complexity index is 1190. The Morgan fingerprint density at radius 2 is 1.94 bits per heavy atom. The number of halogens is 1. The fourth-order valence-electron chi connectivity index (χ4n) is 3.54. The number of nitrogens with one attached hydrogen (secondary N) is 2. The lowest BCUT2D eigenvalue weighted by Crippen LogP contribution is -2.34. The molecule has 1 aliphatic rings. The molecule has 168 valence electrons. The second-order valence-corrected chi connectivity index (χ2v) is 9.79. The maximum absolute atomic E-state index is 14.6. The second-order valence-electron chi connectivity index (χ2n) is 9.79. The summed E-state index contributed by atoms with van der Waals surface area (Å²) in [5, 5.41) is 11.0. The first-order valence-electron chi connectivity index (χ1n) is 10.9. The highest BCUT2D eigenvalue weighted by Crippen LogP contribution is 2.30. The van der Waals surface area contributed by atoms with E-state index in [2.05, 4.69) is 36.5 Å². The van der Waals surface area contributed by atoms with Crippen molar-refractivity contribution in [3.63, 3.8) is 0 Å². The van der Waals surface area contributed by atoms with Gasteiger partial charge in [0.1, 0.15) is 12.4 Å². The summed E-state index contributed by atoms with van der Waals surface area (Å²) in [6.45, 7) is 8.61. The molecule has 0 unspecified atom stereocenters. The molecule has 1 heterocycles. The molecule has 4 rings (SSSR count). The van der Waals surface area contributed by atoms with Crippen molar-refractivity contribution in [2.45, 2.75) is 53.1 Å². The third kappa shape index (κ3) is 4.98. The number of amides is 2. The zero-order chi connectivity index (χ0) is 23.0. The Balaban J connectivity index is 1.59. The van der Waals surface area contributed by atoms with Crippen molar-refractivity contribution in [2.24, 2.45) is 5.41 Å². The second kappa shape index (κ2) is 8.37. The van der Waals surface area contributed by atoms with Crippen LogP contribution in [0.4, 0.5) is 4.39 Å². The van der Waals surface area contributed by atoms with Crippen molar-refractivity contribution in [3.8, 4) is 11.1 Å². The van der Waals surface area contributed by atoms with E-state index in [4.69, 9.17) is 0 Å². The quantitative estimate of drug-likeness (QED) is 0.608. The maximum Gasteiger partial charge on any atom is 0.251 e. The summed E-state index contributed by atoms with van der Waals surface area (Å²) in [4.78, 5) is 24.7. The van der Waals surface area contributed by atoms with Crippen LogP contribution in [0.15, 0.2) is 36.5 Å². The predicted molar refractivity (Wildman–Crippen MR) is 123 cm³/mol. The molecule has 7 heteroatoms. The van der Waals surface area contributed by atoms with E-state index in [1.54, 1.807) is 23.9 Å². The largest absolute Gasteiger partial charge is 0.354 e. The predicted octanol–water partition coefficient (Wildman–Crippen LogP) is 4.21. The average molecular weight is 437 g/mol. The molecule has 1 saturated carbocycles. The van der Waals surface area contributed by atoms with E-state index in [9.17, 15) is 14.0 Å². The Hall–Kier alpha value is -3.22. The molecule has 0 aliphatic heterocycles. The van der Waals surface area contributed by atoms with E-state index in [1.165, 1.54) is 6.07 Å². The van der Waals surface area contributed by atoms with Crippen LogP contribution in [0.3, 0.4) is 0 Å². The maximum atomic E-state index is 14.6. The number of carbonyl (C=O) groups excluding carboxylic acids is 2. The molecule has 2 amide bonds. The molecular weight excluding hydrogens is 407 g/mol. The minimum Gasteiger partial charge on any atom is -0.354 e. The van der Waals surface area contributed by atoms with Gasteiger partial charge in [0.25, 0.3) is 5.91 Å². The lowest BCUT2D eigenvalue weighted by molar-refractivity contribution is -0.122. The summed E-state index contributed by atoms with van der Waals surface area (Å²) < 4.78 is 16.3. The summed E-state index contributed by atoms with van der Waals surface area (Å²) in [6.07, 6.45) is 3.65. The van der Waals surface area contributed by atoms with Gasteiger partial charge in [0.05, 0.1) is 11.7 Å². The third-order valence-electron chi connectivity index (χ3n) is 5.58. The van der Waals surface area contributed by atoms with Crippen LogP contribution < -0.4 is 10.6 Å². The fraction of sp³-hybridized carbons (Fsp3) is 0.400. The first-order chi connectivity index (χ1) is 15.1. The SMILES string of the molecule is Cc1c(F)cc(C(=O)NC2CC2)cc1-c1ccc2c(cnn2CC(=O)NCC(C)(C)C)c1. The lowest BCUT2D eigenvalue weighted by Gasteiger charge is -2.18. The number of carbonyl (C=O) groups is 2. The smallest absolute Gasteiger partial charge is 0.251 e. The van der Waals surface area contributed by atoms with Gasteiger partial charge in [0.2, 0.25) is 5.91 Å². The van der Waals surface area contributed by atoms with Gasteiger partial charge in [-0.3, -0.25) is 14.3 Å². The molecule has 0 bridgehead atoms. The number of rotatable bonds is 6. The number of hydrogen-bond donors (Lipinski definition) is 2. The van der Waals surface area contributed by atoms with Crippen molar-refractivity contribution in [2.75, 3.05) is 6.54 Å². The van der Waals surface area contributed by atoms with Gasteiger partial charge in [0.15, 0.2) is 0 Å². The van der Waals surface area contributed by atoms with Crippen LogP contribution >= 0.6 is 0 Å². The van der Waals surface area contributed by atoms with Gasteiger partial charge in [-0.05, 0) is 66.1 Å². The highest BCUT2D eigenvalue weighted by Gasteiger charge is 2.24. The highest BCUT2D eigenvalue weighted by molar-refractivity contribution is 5.96. The number of aromatic nitrogens is 2. The van der Waals surface area contributed by atoms with Gasteiger partial charge in [0, 0.05) is 23.5 Å². The molecular formula is C25H29FN4O2. The highest BCUT2D eigenvalue weighted by atomic mass is 19.1. The molecule has 0 spiro atoms. The molecule has 2 N–H and O–H groups in total. The van der Waals surface area contributed by atoms with Crippen LogP contribution in [0.2, 0.25) is 0 Å². The standard InChI is InChI=1S/C25H29FN4O2/c1-15-20(10-17(11-21(15)26)24(32)29-19-6-7-19)16-5-8-22-18(9-16)12-28-30(22)13-23(31)27-14-25(2,3)4/h5,8-12,19H,6-7,13-14H2,1-4H3,(H,27,31)(H,29,32). The minimum atomic E-state index is -0.408. The first-order valence-corrected chi connectivity index (χ1v) is 10.9. The molecule has 32 heavy (non-hydrogen) atoms. The van der Waals surface area contributed by atoms with Crippen LogP contribution in [0.25, 0.3) is 22.0 Å². The van der Waals surface area contributed by atoms with Crippen LogP contribution in [-0.2, 0) is 11.3 Å². The number of benzene rings is 2. The Morgan fingerprint density at radius 1 is 1.19 bits per heavy atom. The van der Waals surface area contributed by atoms with Crippen LogP contribution in [0, 0.1) is 18.2 Å². The van der Waals surface area contributed by atoms with Crippen molar-refractivity contribution in [1.29, 1.82) is 0 Å². The normalized spacial score (nSPS) is 13.9. The van der Waals surface area contributed by atoms with Gasteiger partial charge in [-0.1, -0.05) is 26.8 Å². The average Bonchev–Trinajstić information content (AvgIpc) is 3.46. The molecule has 0 atom stereocenters. The zero-order valence-corrected chi connectivity index (χ0v) is 19.0. The third-order valence-corrected chi connectivity index (χ3v) is 5.58. The topological polar surface area (TPSA) is 76.0 Å². The van der Waals surface area contributed by atoms with Crippen LogP contribution in [-0.4, -0.2) is 34.2 Å². The molecule has 1 fully saturated rings. The Labute approximate surface area is 187 Å². The molecule has 0 saturated heterocycles. The van der Waals surface area contributed by atoms with Crippen LogP contribution in [0.1, 0.15) is 49.5 Å². The lowest BCUT2D eigenvalue weighted by atomic mass is 9.96. The van der Waals surface area contributed by atoms with Gasteiger partial charge in [-0.2, -0.15) is 5.10 Å². The molecule has 0 radical (unpaired) electrons. The zero-order valence-electron chi connectivity index (χ0n) is 19.0. The molecule has 1 aromatic heterocycles. The van der Waals surface area contributed by atoms with Crippen LogP contribution in [0.5, 0.6) is 0 Å². The van der Waals surface area contributed by atoms with Gasteiger partial charge in [-0.15, -0.1) is 0 Å². The van der Waals surface area contributed by atoms with Gasteiger partial charge < -0.3 is 10.6 Å². The van der Waals surface area contributed by atoms with Gasteiger partial charge in [-0.25, -0.2) is 4.39 Å².